The first-order chi connectivity index (χ1) is 8.92. The van der Waals surface area contributed by atoms with Crippen LogP contribution in [-0.4, -0.2) is 25.0 Å². The lowest BCUT2D eigenvalue weighted by Gasteiger charge is -2.21. The number of rotatable bonds is 7. The van der Waals surface area contributed by atoms with Crippen molar-refractivity contribution in [1.82, 2.24) is 5.32 Å². The molecule has 0 radical (unpaired) electrons. The fourth-order valence-electron chi connectivity index (χ4n) is 1.57. The van der Waals surface area contributed by atoms with Crippen LogP contribution in [0.3, 0.4) is 0 Å². The quantitative estimate of drug-likeness (QED) is 0.607. The van der Waals surface area contributed by atoms with Gasteiger partial charge in [0.2, 0.25) is 0 Å². The number of thioether (sulfide) groups is 1. The molecule has 0 aromatic heterocycles. The zero-order valence-electron chi connectivity index (χ0n) is 12.3. The van der Waals surface area contributed by atoms with Crippen molar-refractivity contribution >= 4 is 11.8 Å². The Morgan fingerprint density at radius 2 is 2.05 bits per heavy atom. The van der Waals surface area contributed by atoms with Crippen molar-refractivity contribution in [3.63, 3.8) is 0 Å². The normalized spacial score (nSPS) is 11.8. The molecule has 1 rings (SSSR count). The molecule has 0 aliphatic heterocycles. The zero-order chi connectivity index (χ0) is 14.3. The molecule has 4 heteroatoms. The lowest BCUT2D eigenvalue weighted by atomic mass is 10.1. The fourth-order valence-corrected chi connectivity index (χ4v) is 2.54. The maximum Gasteiger partial charge on any atom is 0.123 e. The molecule has 0 heterocycles. The summed E-state index contributed by atoms with van der Waals surface area (Å²) in [6.07, 6.45) is 1.00. The first kappa shape index (κ1) is 16.5. The smallest absolute Gasteiger partial charge is 0.123 e. The van der Waals surface area contributed by atoms with Gasteiger partial charge in [0.05, 0.1) is 0 Å². The average molecular weight is 285 g/mol. The van der Waals surface area contributed by atoms with E-state index >= 15 is 0 Å². The third-order valence-electron chi connectivity index (χ3n) is 2.58. The Hall–Kier alpha value is -0.580. The van der Waals surface area contributed by atoms with Crippen LogP contribution < -0.4 is 5.32 Å². The first-order valence-corrected chi connectivity index (χ1v) is 7.56. The number of methoxy groups -OCH3 is 1. The molecule has 1 aromatic carbocycles. The maximum atomic E-state index is 13.4. The number of ether oxygens (including phenoxy) is 1. The van der Waals surface area contributed by atoms with E-state index in [1.165, 1.54) is 6.07 Å². The lowest BCUT2D eigenvalue weighted by molar-refractivity contribution is 0.200. The van der Waals surface area contributed by atoms with Crippen molar-refractivity contribution in [2.24, 2.45) is 0 Å². The van der Waals surface area contributed by atoms with Crippen LogP contribution in [0.25, 0.3) is 0 Å². The highest BCUT2D eigenvalue weighted by Crippen LogP contribution is 2.24. The van der Waals surface area contributed by atoms with E-state index in [-0.39, 0.29) is 11.4 Å². The summed E-state index contributed by atoms with van der Waals surface area (Å²) in [5.41, 5.74) is 1.06. The molecular weight excluding hydrogens is 261 g/mol. The summed E-state index contributed by atoms with van der Waals surface area (Å²) in [4.78, 5) is 1.15. The van der Waals surface area contributed by atoms with Crippen LogP contribution in [0, 0.1) is 5.82 Å². The molecule has 0 saturated heterocycles. The van der Waals surface area contributed by atoms with Gasteiger partial charge in [-0.2, -0.15) is 0 Å². The van der Waals surface area contributed by atoms with Gasteiger partial charge in [-0.15, -0.1) is 11.8 Å². The number of hydrogen-bond donors (Lipinski definition) is 1. The Kier molecular flexibility index (Phi) is 6.83. The Labute approximate surface area is 120 Å². The summed E-state index contributed by atoms with van der Waals surface area (Å²) in [6.45, 7) is 7.78. The Balaban J connectivity index is 2.63. The second kappa shape index (κ2) is 7.88. The molecule has 0 bridgehead atoms. The minimum absolute atomic E-state index is 0.0320. The second-order valence-corrected chi connectivity index (χ2v) is 6.69. The molecule has 0 fully saturated rings. The van der Waals surface area contributed by atoms with Gasteiger partial charge in [0.15, 0.2) is 0 Å². The summed E-state index contributed by atoms with van der Waals surface area (Å²) in [6, 6.07) is 5.02. The standard InChI is InChI=1S/C15H24FNOS/c1-15(2,3)17-11-12-10-13(16)6-7-14(12)19-9-5-8-18-4/h6-7,10,17H,5,8-9,11H2,1-4H3. The highest BCUT2D eigenvalue weighted by molar-refractivity contribution is 7.99. The van der Waals surface area contributed by atoms with Gasteiger partial charge in [0.1, 0.15) is 5.82 Å². The van der Waals surface area contributed by atoms with Gasteiger partial charge < -0.3 is 10.1 Å². The van der Waals surface area contributed by atoms with Crippen LogP contribution in [0.1, 0.15) is 32.8 Å². The van der Waals surface area contributed by atoms with Gasteiger partial charge in [-0.3, -0.25) is 0 Å². The van der Waals surface area contributed by atoms with E-state index < -0.39 is 0 Å². The van der Waals surface area contributed by atoms with E-state index in [4.69, 9.17) is 4.74 Å². The average Bonchev–Trinajstić information content (AvgIpc) is 2.33. The Morgan fingerprint density at radius 1 is 1.32 bits per heavy atom. The third-order valence-corrected chi connectivity index (χ3v) is 3.78. The highest BCUT2D eigenvalue weighted by atomic mass is 32.2. The summed E-state index contributed by atoms with van der Waals surface area (Å²) < 4.78 is 18.4. The summed E-state index contributed by atoms with van der Waals surface area (Å²) in [5, 5.41) is 3.40. The van der Waals surface area contributed by atoms with Crippen LogP contribution >= 0.6 is 11.8 Å². The molecule has 19 heavy (non-hydrogen) atoms. The minimum Gasteiger partial charge on any atom is -0.385 e. The molecule has 1 N–H and O–H groups in total. The van der Waals surface area contributed by atoms with Gasteiger partial charge in [-0.1, -0.05) is 0 Å². The molecule has 0 atom stereocenters. The largest absolute Gasteiger partial charge is 0.385 e. The predicted octanol–water partition coefficient (Wildman–Crippen LogP) is 3.84. The molecule has 0 saturated carbocycles. The van der Waals surface area contributed by atoms with Crippen molar-refractivity contribution in [2.45, 2.75) is 44.2 Å². The summed E-state index contributed by atoms with van der Waals surface area (Å²) >= 11 is 1.76. The van der Waals surface area contributed by atoms with Crippen molar-refractivity contribution in [3.05, 3.63) is 29.6 Å². The molecule has 108 valence electrons. The zero-order valence-corrected chi connectivity index (χ0v) is 13.1. The summed E-state index contributed by atoms with van der Waals surface area (Å²) in [5.74, 6) is 0.814. The van der Waals surface area contributed by atoms with Gasteiger partial charge in [-0.05, 0) is 51.0 Å². The molecule has 2 nitrogen and oxygen atoms in total. The van der Waals surface area contributed by atoms with E-state index in [2.05, 4.69) is 26.1 Å². The van der Waals surface area contributed by atoms with Gasteiger partial charge in [0, 0.05) is 36.4 Å². The van der Waals surface area contributed by atoms with Gasteiger partial charge >= 0.3 is 0 Å². The fraction of sp³-hybridized carbons (Fsp3) is 0.600. The van der Waals surface area contributed by atoms with E-state index in [9.17, 15) is 4.39 Å². The van der Waals surface area contributed by atoms with Crippen molar-refractivity contribution < 1.29 is 9.13 Å². The van der Waals surface area contributed by atoms with E-state index in [0.29, 0.717) is 6.54 Å². The number of hydrogen-bond acceptors (Lipinski definition) is 3. The van der Waals surface area contributed by atoms with Crippen molar-refractivity contribution in [2.75, 3.05) is 19.5 Å². The molecule has 0 aliphatic carbocycles. The van der Waals surface area contributed by atoms with E-state index in [0.717, 1.165) is 29.2 Å². The second-order valence-electron chi connectivity index (χ2n) is 5.55. The highest BCUT2D eigenvalue weighted by Gasteiger charge is 2.11. The molecular formula is C15H24FNOS. The van der Waals surface area contributed by atoms with Crippen LogP contribution in [0.15, 0.2) is 23.1 Å². The topological polar surface area (TPSA) is 21.3 Å². The van der Waals surface area contributed by atoms with Crippen molar-refractivity contribution in [3.8, 4) is 0 Å². The van der Waals surface area contributed by atoms with E-state index in [1.54, 1.807) is 24.9 Å². The molecule has 1 aromatic rings. The molecule has 0 aliphatic rings. The monoisotopic (exact) mass is 285 g/mol. The third kappa shape index (κ3) is 6.95. The maximum absolute atomic E-state index is 13.4. The van der Waals surface area contributed by atoms with Crippen LogP contribution in [0.5, 0.6) is 0 Å². The van der Waals surface area contributed by atoms with Gasteiger partial charge in [0.25, 0.3) is 0 Å². The van der Waals surface area contributed by atoms with Crippen molar-refractivity contribution in [1.29, 1.82) is 0 Å². The molecule has 0 amide bonds. The number of halogens is 1. The predicted molar refractivity (Wildman–Crippen MR) is 80.2 cm³/mol. The SMILES string of the molecule is COCCCSc1ccc(F)cc1CNC(C)(C)C. The lowest BCUT2D eigenvalue weighted by Crippen LogP contribution is -2.35. The summed E-state index contributed by atoms with van der Waals surface area (Å²) in [7, 11) is 1.71. The molecule has 0 spiro atoms. The number of nitrogens with one attached hydrogen (secondary N) is 1. The Bertz CT molecular complexity index is 390. The number of benzene rings is 1. The Morgan fingerprint density at radius 3 is 2.68 bits per heavy atom. The minimum atomic E-state index is -0.174. The van der Waals surface area contributed by atoms with Gasteiger partial charge in [-0.25, -0.2) is 4.39 Å². The molecule has 0 unspecified atom stereocenters. The first-order valence-electron chi connectivity index (χ1n) is 6.57. The van der Waals surface area contributed by atoms with E-state index in [1.807, 2.05) is 6.07 Å². The van der Waals surface area contributed by atoms with Crippen LogP contribution in [0.2, 0.25) is 0 Å². The van der Waals surface area contributed by atoms with Crippen LogP contribution in [-0.2, 0) is 11.3 Å². The van der Waals surface area contributed by atoms with Crippen LogP contribution in [0.4, 0.5) is 4.39 Å².